The summed E-state index contributed by atoms with van der Waals surface area (Å²) in [6.07, 6.45) is 1.50. The van der Waals surface area contributed by atoms with E-state index in [4.69, 9.17) is 16.3 Å². The van der Waals surface area contributed by atoms with Crippen molar-refractivity contribution in [2.24, 2.45) is 0 Å². The Morgan fingerprint density at radius 1 is 1.35 bits per heavy atom. The highest BCUT2D eigenvalue weighted by molar-refractivity contribution is 6.30. The summed E-state index contributed by atoms with van der Waals surface area (Å²) in [5.41, 5.74) is 0.133. The first-order chi connectivity index (χ1) is 9.56. The molecule has 6 nitrogen and oxygen atoms in total. The van der Waals surface area contributed by atoms with Gasteiger partial charge >= 0.3 is 11.1 Å². The number of nitrogens with one attached hydrogen (secondary N) is 2. The molecule has 2 N–H and O–H groups in total. The molecule has 0 saturated heterocycles. The van der Waals surface area contributed by atoms with Crippen LogP contribution in [0.25, 0.3) is 0 Å². The zero-order valence-electron chi connectivity index (χ0n) is 10.6. The first kappa shape index (κ1) is 12.8. The molecule has 2 heterocycles. The lowest BCUT2D eigenvalue weighted by atomic mass is 10.1. The summed E-state index contributed by atoms with van der Waals surface area (Å²) in [6, 6.07) is 5.19. The van der Waals surface area contributed by atoms with Crippen molar-refractivity contribution < 1.29 is 4.74 Å². The molecule has 0 bridgehead atoms. The smallest absolute Gasteiger partial charge is 0.313 e. The van der Waals surface area contributed by atoms with E-state index < -0.39 is 11.1 Å². The maximum atomic E-state index is 11.4. The van der Waals surface area contributed by atoms with Gasteiger partial charge in [-0.05, 0) is 12.1 Å². The minimum atomic E-state index is -0.669. The number of ether oxygens (including phenoxy) is 1. The molecule has 0 amide bonds. The van der Waals surface area contributed by atoms with E-state index in [0.717, 1.165) is 5.69 Å². The lowest BCUT2D eigenvalue weighted by Gasteiger charge is -2.35. The number of fused-ring (bicyclic) bond motifs is 1. The largest absolute Gasteiger partial charge is 0.489 e. The molecule has 1 unspecified atom stereocenters. The van der Waals surface area contributed by atoms with Crippen molar-refractivity contribution >= 4 is 17.3 Å². The Hall–Kier alpha value is -2.21. The van der Waals surface area contributed by atoms with Crippen LogP contribution in [0.3, 0.4) is 0 Å². The maximum absolute atomic E-state index is 11.4. The predicted molar refractivity (Wildman–Crippen MR) is 75.8 cm³/mol. The fraction of sp³-hybridized carbons (Fsp3) is 0.231. The first-order valence-corrected chi connectivity index (χ1v) is 6.41. The van der Waals surface area contributed by atoms with Crippen molar-refractivity contribution in [2.45, 2.75) is 6.04 Å². The molecule has 1 aromatic heterocycles. The molecule has 1 aliphatic heterocycles. The van der Waals surface area contributed by atoms with Gasteiger partial charge in [0.25, 0.3) is 0 Å². The minimum absolute atomic E-state index is 0.187. The summed E-state index contributed by atoms with van der Waals surface area (Å²) < 4.78 is 5.67. The third-order valence-corrected chi connectivity index (χ3v) is 3.58. The predicted octanol–water partition coefficient (Wildman–Crippen LogP) is 1.29. The average molecular weight is 294 g/mol. The van der Waals surface area contributed by atoms with Gasteiger partial charge in [-0.3, -0.25) is 9.59 Å². The Kier molecular flexibility index (Phi) is 3.02. The van der Waals surface area contributed by atoms with Crippen LogP contribution in [0.1, 0.15) is 11.7 Å². The van der Waals surface area contributed by atoms with Crippen LogP contribution in [0.2, 0.25) is 5.02 Å². The van der Waals surface area contributed by atoms with Crippen molar-refractivity contribution in [3.63, 3.8) is 0 Å². The van der Waals surface area contributed by atoms with E-state index in [2.05, 4.69) is 9.97 Å². The molecule has 1 aromatic carbocycles. The normalized spacial score (nSPS) is 17.5. The average Bonchev–Trinajstić information content (AvgIpc) is 2.42. The lowest BCUT2D eigenvalue weighted by molar-refractivity contribution is 0.266. The van der Waals surface area contributed by atoms with Crippen molar-refractivity contribution in [1.82, 2.24) is 9.97 Å². The molecule has 7 heteroatoms. The molecule has 0 fully saturated rings. The number of rotatable bonds is 1. The topological polar surface area (TPSA) is 78.2 Å². The van der Waals surface area contributed by atoms with Gasteiger partial charge in [0.05, 0.1) is 11.4 Å². The second-order valence-electron chi connectivity index (χ2n) is 4.58. The standard InChI is InChI=1S/C13H12ClN3O3/c1-17-9-3-2-7(14)4-11(9)20-6-10(17)8-5-15-12(18)13(19)16-8/h2-5,10H,6H2,1H3,(H,15,18)(H,16,19). The number of aromatic nitrogens is 2. The number of nitrogens with zero attached hydrogens (tertiary/aromatic N) is 1. The number of aromatic amines is 2. The molecule has 2 aromatic rings. The van der Waals surface area contributed by atoms with E-state index in [1.807, 2.05) is 18.0 Å². The molecule has 0 aliphatic carbocycles. The van der Waals surface area contributed by atoms with Gasteiger partial charge in [0.15, 0.2) is 0 Å². The van der Waals surface area contributed by atoms with Gasteiger partial charge in [-0.25, -0.2) is 0 Å². The molecule has 1 aliphatic rings. The zero-order valence-corrected chi connectivity index (χ0v) is 11.4. The van der Waals surface area contributed by atoms with Gasteiger partial charge in [-0.2, -0.15) is 0 Å². The van der Waals surface area contributed by atoms with Gasteiger partial charge in [0, 0.05) is 24.3 Å². The molecule has 20 heavy (non-hydrogen) atoms. The van der Waals surface area contributed by atoms with Crippen LogP contribution in [0, 0.1) is 0 Å². The third-order valence-electron chi connectivity index (χ3n) is 3.35. The van der Waals surface area contributed by atoms with Gasteiger partial charge in [-0.1, -0.05) is 11.6 Å². The highest BCUT2D eigenvalue weighted by Crippen LogP contribution is 2.38. The Morgan fingerprint density at radius 3 is 2.90 bits per heavy atom. The van der Waals surface area contributed by atoms with Gasteiger partial charge < -0.3 is 19.6 Å². The zero-order chi connectivity index (χ0) is 14.3. The number of halogens is 1. The highest BCUT2D eigenvalue weighted by atomic mass is 35.5. The number of hydrogen-bond acceptors (Lipinski definition) is 4. The summed E-state index contributed by atoms with van der Waals surface area (Å²) >= 11 is 5.93. The van der Waals surface area contributed by atoms with E-state index in [-0.39, 0.29) is 6.04 Å². The molecule has 104 valence electrons. The molecule has 1 atom stereocenters. The number of anilines is 1. The Balaban J connectivity index is 2.01. The molecular weight excluding hydrogens is 282 g/mol. The summed E-state index contributed by atoms with van der Waals surface area (Å²) in [6.45, 7) is 0.353. The van der Waals surface area contributed by atoms with Crippen LogP contribution in [0.4, 0.5) is 5.69 Å². The molecular formula is C13H12ClN3O3. The van der Waals surface area contributed by atoms with Gasteiger partial charge in [0.2, 0.25) is 0 Å². The van der Waals surface area contributed by atoms with Crippen molar-refractivity contribution in [1.29, 1.82) is 0 Å². The first-order valence-electron chi connectivity index (χ1n) is 6.03. The van der Waals surface area contributed by atoms with E-state index in [0.29, 0.717) is 23.1 Å². The highest BCUT2D eigenvalue weighted by Gasteiger charge is 2.27. The third kappa shape index (κ3) is 2.08. The number of H-pyrrole nitrogens is 2. The monoisotopic (exact) mass is 293 g/mol. The van der Waals surface area contributed by atoms with E-state index >= 15 is 0 Å². The maximum Gasteiger partial charge on any atom is 0.313 e. The van der Waals surface area contributed by atoms with Crippen LogP contribution >= 0.6 is 11.6 Å². The lowest BCUT2D eigenvalue weighted by Crippen LogP contribution is -2.37. The molecule has 0 spiro atoms. The second kappa shape index (κ2) is 4.72. The summed E-state index contributed by atoms with van der Waals surface area (Å²) in [7, 11) is 1.89. The minimum Gasteiger partial charge on any atom is -0.489 e. The van der Waals surface area contributed by atoms with Gasteiger partial charge in [-0.15, -0.1) is 0 Å². The van der Waals surface area contributed by atoms with Crippen molar-refractivity contribution in [3.05, 3.63) is 55.8 Å². The van der Waals surface area contributed by atoms with Crippen molar-refractivity contribution in [2.75, 3.05) is 18.6 Å². The van der Waals surface area contributed by atoms with Crippen LogP contribution in [-0.4, -0.2) is 23.6 Å². The summed E-state index contributed by atoms with van der Waals surface area (Å²) in [5, 5.41) is 0.605. The summed E-state index contributed by atoms with van der Waals surface area (Å²) in [4.78, 5) is 29.5. The molecule has 0 saturated carbocycles. The summed E-state index contributed by atoms with van der Waals surface area (Å²) in [5.74, 6) is 0.697. The van der Waals surface area contributed by atoms with Crippen LogP contribution in [-0.2, 0) is 0 Å². The quantitative estimate of drug-likeness (QED) is 0.777. The molecule has 0 radical (unpaired) electrons. The Bertz CT molecular complexity index is 768. The number of hydrogen-bond donors (Lipinski definition) is 2. The van der Waals surface area contributed by atoms with E-state index in [1.165, 1.54) is 6.20 Å². The Morgan fingerprint density at radius 2 is 2.15 bits per heavy atom. The van der Waals surface area contributed by atoms with E-state index in [9.17, 15) is 9.59 Å². The van der Waals surface area contributed by atoms with Gasteiger partial charge in [0.1, 0.15) is 18.4 Å². The SMILES string of the molecule is CN1c2ccc(Cl)cc2OCC1c1c[nH]c(=O)c(=O)[nH]1. The fourth-order valence-electron chi connectivity index (χ4n) is 2.25. The van der Waals surface area contributed by atoms with E-state index in [1.54, 1.807) is 12.1 Å². The van der Waals surface area contributed by atoms with Crippen molar-refractivity contribution in [3.8, 4) is 5.75 Å². The number of likely N-dealkylation sites (N-methyl/N-ethyl adjacent to an activating group) is 1. The van der Waals surface area contributed by atoms with Crippen LogP contribution in [0.5, 0.6) is 5.75 Å². The number of benzene rings is 1. The fourth-order valence-corrected chi connectivity index (χ4v) is 2.42. The Labute approximate surface area is 119 Å². The van der Waals surface area contributed by atoms with Crippen LogP contribution < -0.4 is 20.8 Å². The molecule has 3 rings (SSSR count). The van der Waals surface area contributed by atoms with Crippen LogP contribution in [0.15, 0.2) is 34.0 Å². The second-order valence-corrected chi connectivity index (χ2v) is 5.01.